The van der Waals surface area contributed by atoms with E-state index in [1.165, 1.54) is 0 Å². The number of hydrogen-bond donors (Lipinski definition) is 4. The van der Waals surface area contributed by atoms with Gasteiger partial charge in [-0.05, 0) is 85.3 Å². The summed E-state index contributed by atoms with van der Waals surface area (Å²) >= 11 is 0. The van der Waals surface area contributed by atoms with Crippen molar-refractivity contribution in [3.05, 3.63) is 131 Å². The fraction of sp³-hybridized carbons (Fsp3) is 0.222. The van der Waals surface area contributed by atoms with Crippen LogP contribution in [-0.2, 0) is 22.8 Å². The minimum absolute atomic E-state index is 0.306. The smallest absolute Gasteiger partial charge is 0.269 e. The van der Waals surface area contributed by atoms with E-state index in [1.807, 2.05) is 60.7 Å². The van der Waals surface area contributed by atoms with Crippen molar-refractivity contribution in [1.29, 1.82) is 0 Å². The van der Waals surface area contributed by atoms with E-state index < -0.39 is 11.8 Å². The number of amides is 4. The Morgan fingerprint density at radius 2 is 0.826 bits per heavy atom. The van der Waals surface area contributed by atoms with Gasteiger partial charge >= 0.3 is 0 Å². The topological polar surface area (TPSA) is 135 Å². The van der Waals surface area contributed by atoms with E-state index in [1.54, 1.807) is 48.5 Å². The van der Waals surface area contributed by atoms with Gasteiger partial charge < -0.3 is 9.47 Å². The lowest BCUT2D eigenvalue weighted by molar-refractivity contribution is -0.131. The minimum atomic E-state index is -0.443. The van der Waals surface area contributed by atoms with Crippen LogP contribution in [-0.4, -0.2) is 23.6 Å². The van der Waals surface area contributed by atoms with Crippen molar-refractivity contribution in [3.8, 4) is 11.5 Å². The molecule has 0 saturated heterocycles. The molecule has 1 aliphatic carbocycles. The first-order valence-corrected chi connectivity index (χ1v) is 15.2. The Balaban J connectivity index is 0.977. The molecular formula is C36H36N4O6. The first-order valence-electron chi connectivity index (χ1n) is 15.2. The van der Waals surface area contributed by atoms with Crippen molar-refractivity contribution in [2.75, 3.05) is 0 Å². The molecule has 4 amide bonds. The zero-order valence-electron chi connectivity index (χ0n) is 25.2. The standard InChI is InChI=1S/C36H36N4O6/c41-33(37-39-35(43)29-15-19-31(20-16-29)45-23-25-7-3-1-4-8-25)27-11-13-28(14-12-27)34(42)38-40-36(44)30-17-21-32(22-18-30)46-24-26-9-5-2-6-10-26/h1-10,15-22,27-28H,11-14,23-24H2,(H,37,41)(H,38,42)(H,39,43)(H,40,44). The number of hydrazine groups is 2. The lowest BCUT2D eigenvalue weighted by Crippen LogP contribution is -2.47. The maximum absolute atomic E-state index is 12.7. The van der Waals surface area contributed by atoms with Crippen molar-refractivity contribution in [3.63, 3.8) is 0 Å². The van der Waals surface area contributed by atoms with Gasteiger partial charge in [-0.15, -0.1) is 0 Å². The summed E-state index contributed by atoms with van der Waals surface area (Å²) in [6.07, 6.45) is 1.91. The third kappa shape index (κ3) is 9.18. The summed E-state index contributed by atoms with van der Waals surface area (Å²) in [4.78, 5) is 50.4. The largest absolute Gasteiger partial charge is 0.489 e. The predicted molar refractivity (Wildman–Crippen MR) is 171 cm³/mol. The van der Waals surface area contributed by atoms with Gasteiger partial charge in [0.05, 0.1) is 0 Å². The van der Waals surface area contributed by atoms with E-state index in [4.69, 9.17) is 9.47 Å². The van der Waals surface area contributed by atoms with E-state index >= 15 is 0 Å². The number of carbonyl (C=O) groups excluding carboxylic acids is 4. The molecule has 0 bridgehead atoms. The lowest BCUT2D eigenvalue weighted by Gasteiger charge is -2.27. The average molecular weight is 621 g/mol. The molecule has 0 aliphatic heterocycles. The van der Waals surface area contributed by atoms with E-state index in [0.717, 1.165) is 11.1 Å². The van der Waals surface area contributed by atoms with Gasteiger partial charge in [0.15, 0.2) is 0 Å². The Hall–Kier alpha value is -5.64. The van der Waals surface area contributed by atoms with Gasteiger partial charge in [-0.25, -0.2) is 0 Å². The zero-order chi connectivity index (χ0) is 32.1. The molecule has 1 saturated carbocycles. The number of rotatable bonds is 10. The fourth-order valence-corrected chi connectivity index (χ4v) is 5.09. The van der Waals surface area contributed by atoms with Crippen molar-refractivity contribution in [1.82, 2.24) is 21.7 Å². The Morgan fingerprint density at radius 3 is 1.17 bits per heavy atom. The van der Waals surface area contributed by atoms with Crippen LogP contribution in [0.25, 0.3) is 0 Å². The Bertz CT molecular complexity index is 1480. The molecule has 10 nitrogen and oxygen atoms in total. The normalized spacial score (nSPS) is 15.6. The highest BCUT2D eigenvalue weighted by atomic mass is 16.5. The van der Waals surface area contributed by atoms with E-state index in [0.29, 0.717) is 61.5 Å². The van der Waals surface area contributed by atoms with Crippen LogP contribution < -0.4 is 31.2 Å². The Morgan fingerprint density at radius 1 is 0.478 bits per heavy atom. The van der Waals surface area contributed by atoms with Gasteiger partial charge in [0.1, 0.15) is 24.7 Å². The predicted octanol–water partition coefficient (Wildman–Crippen LogP) is 4.87. The van der Waals surface area contributed by atoms with Gasteiger partial charge in [-0.2, -0.15) is 0 Å². The fourth-order valence-electron chi connectivity index (χ4n) is 5.09. The summed E-state index contributed by atoms with van der Waals surface area (Å²) in [6.45, 7) is 0.837. The molecule has 0 radical (unpaired) electrons. The SMILES string of the molecule is O=C(NNC(=O)C1CCC(C(=O)NNC(=O)c2ccc(OCc3ccccc3)cc2)CC1)c1ccc(OCc2ccccc2)cc1. The minimum Gasteiger partial charge on any atom is -0.489 e. The van der Waals surface area contributed by atoms with Crippen LogP contribution in [0.4, 0.5) is 0 Å². The molecule has 0 atom stereocenters. The third-order valence-electron chi connectivity index (χ3n) is 7.80. The highest BCUT2D eigenvalue weighted by molar-refractivity contribution is 5.96. The third-order valence-corrected chi connectivity index (χ3v) is 7.80. The number of carbonyl (C=O) groups is 4. The van der Waals surface area contributed by atoms with Crippen LogP contribution in [0, 0.1) is 11.8 Å². The first-order chi connectivity index (χ1) is 22.4. The molecule has 5 rings (SSSR count). The van der Waals surface area contributed by atoms with Gasteiger partial charge in [0.2, 0.25) is 11.8 Å². The van der Waals surface area contributed by atoms with Gasteiger partial charge in [0, 0.05) is 23.0 Å². The number of nitrogens with one attached hydrogen (secondary N) is 4. The summed E-state index contributed by atoms with van der Waals surface area (Å²) in [5.74, 6) is -0.917. The first kappa shape index (κ1) is 31.8. The molecule has 0 unspecified atom stereocenters. The van der Waals surface area contributed by atoms with Crippen molar-refractivity contribution >= 4 is 23.6 Å². The molecule has 1 fully saturated rings. The monoisotopic (exact) mass is 620 g/mol. The number of ether oxygens (including phenoxy) is 2. The van der Waals surface area contributed by atoms with Crippen LogP contribution >= 0.6 is 0 Å². The molecule has 46 heavy (non-hydrogen) atoms. The average Bonchev–Trinajstić information content (AvgIpc) is 3.12. The second kappa shape index (κ2) is 15.9. The molecule has 10 heteroatoms. The molecular weight excluding hydrogens is 584 g/mol. The highest BCUT2D eigenvalue weighted by Crippen LogP contribution is 2.29. The molecule has 4 aromatic carbocycles. The molecule has 4 N–H and O–H groups in total. The van der Waals surface area contributed by atoms with Crippen LogP contribution in [0.1, 0.15) is 57.5 Å². The molecule has 1 aliphatic rings. The lowest BCUT2D eigenvalue weighted by atomic mass is 9.81. The molecule has 0 heterocycles. The second-order valence-electron chi connectivity index (χ2n) is 11.0. The highest BCUT2D eigenvalue weighted by Gasteiger charge is 2.30. The van der Waals surface area contributed by atoms with Gasteiger partial charge in [-0.1, -0.05) is 60.7 Å². The summed E-state index contributed by atoms with van der Waals surface area (Å²) in [5.41, 5.74) is 12.7. The van der Waals surface area contributed by atoms with E-state index in [9.17, 15) is 19.2 Å². The van der Waals surface area contributed by atoms with Crippen LogP contribution in [0.15, 0.2) is 109 Å². The Kier molecular flexibility index (Phi) is 11.0. The van der Waals surface area contributed by atoms with Gasteiger partial charge in [-0.3, -0.25) is 40.9 Å². The summed E-state index contributed by atoms with van der Waals surface area (Å²) in [5, 5.41) is 0. The van der Waals surface area contributed by atoms with Gasteiger partial charge in [0.25, 0.3) is 11.8 Å². The van der Waals surface area contributed by atoms with E-state index in [-0.39, 0.29) is 23.7 Å². The van der Waals surface area contributed by atoms with Crippen molar-refractivity contribution in [2.24, 2.45) is 11.8 Å². The summed E-state index contributed by atoms with van der Waals surface area (Å²) < 4.78 is 11.5. The Labute approximate surface area is 267 Å². The summed E-state index contributed by atoms with van der Waals surface area (Å²) in [6, 6.07) is 32.8. The quantitative estimate of drug-likeness (QED) is 0.187. The number of hydrogen-bond acceptors (Lipinski definition) is 6. The maximum Gasteiger partial charge on any atom is 0.269 e. The zero-order valence-corrected chi connectivity index (χ0v) is 25.2. The van der Waals surface area contributed by atoms with Crippen LogP contribution in [0.2, 0.25) is 0 Å². The van der Waals surface area contributed by atoms with Crippen LogP contribution in [0.5, 0.6) is 11.5 Å². The van der Waals surface area contributed by atoms with Crippen molar-refractivity contribution < 1.29 is 28.7 Å². The molecule has 0 spiro atoms. The van der Waals surface area contributed by atoms with Crippen molar-refractivity contribution in [2.45, 2.75) is 38.9 Å². The molecule has 0 aromatic heterocycles. The summed E-state index contributed by atoms with van der Waals surface area (Å²) in [7, 11) is 0. The maximum atomic E-state index is 12.7. The molecule has 236 valence electrons. The molecule has 4 aromatic rings. The van der Waals surface area contributed by atoms with Crippen LogP contribution in [0.3, 0.4) is 0 Å². The second-order valence-corrected chi connectivity index (χ2v) is 11.0. The number of benzene rings is 4. The van der Waals surface area contributed by atoms with E-state index in [2.05, 4.69) is 21.7 Å².